The van der Waals surface area contributed by atoms with Crippen molar-refractivity contribution in [2.24, 2.45) is 0 Å². The van der Waals surface area contributed by atoms with E-state index in [9.17, 15) is 4.79 Å². The fourth-order valence-electron chi connectivity index (χ4n) is 2.66. The van der Waals surface area contributed by atoms with Crippen LogP contribution in [0.15, 0.2) is 48.5 Å². The number of hydrogen-bond donors (Lipinski definition) is 1. The van der Waals surface area contributed by atoms with Crippen LogP contribution < -0.4 is 5.32 Å². The van der Waals surface area contributed by atoms with Gasteiger partial charge in [-0.1, -0.05) is 74.1 Å². The van der Waals surface area contributed by atoms with Crippen molar-refractivity contribution >= 4 is 22.4 Å². The van der Waals surface area contributed by atoms with Crippen LogP contribution in [0.5, 0.6) is 0 Å². The molecule has 4 nitrogen and oxygen atoms in total. The zero-order valence-electron chi connectivity index (χ0n) is 15.5. The molecule has 134 valence electrons. The molecule has 0 saturated heterocycles. The van der Waals surface area contributed by atoms with Crippen LogP contribution in [0.4, 0.5) is 5.13 Å². The predicted octanol–water partition coefficient (Wildman–Crippen LogP) is 4.99. The minimum atomic E-state index is -0.163. The van der Waals surface area contributed by atoms with Gasteiger partial charge in [0.05, 0.1) is 0 Å². The highest BCUT2D eigenvalue weighted by molar-refractivity contribution is 7.15. The van der Waals surface area contributed by atoms with Gasteiger partial charge in [-0.3, -0.25) is 10.1 Å². The zero-order valence-corrected chi connectivity index (χ0v) is 16.4. The normalized spacial score (nSPS) is 11.4. The van der Waals surface area contributed by atoms with Crippen LogP contribution in [-0.2, 0) is 11.8 Å². The minimum absolute atomic E-state index is 0.0684. The number of nitrogens with one attached hydrogen (secondary N) is 1. The lowest BCUT2D eigenvalue weighted by Gasteiger charge is -2.18. The van der Waals surface area contributed by atoms with Gasteiger partial charge in [0, 0.05) is 12.0 Å². The molecule has 26 heavy (non-hydrogen) atoms. The smallest absolute Gasteiger partial charge is 0.257 e. The third kappa shape index (κ3) is 4.55. The lowest BCUT2D eigenvalue weighted by molar-refractivity contribution is 0.102. The molecule has 0 fully saturated rings. The molecule has 0 aliphatic rings. The maximum absolute atomic E-state index is 12.4. The zero-order chi connectivity index (χ0) is 18.7. The van der Waals surface area contributed by atoms with Gasteiger partial charge in [-0.05, 0) is 35.6 Å². The lowest BCUT2D eigenvalue weighted by Crippen LogP contribution is -2.14. The monoisotopic (exact) mass is 365 g/mol. The number of benzene rings is 2. The van der Waals surface area contributed by atoms with E-state index in [2.05, 4.69) is 61.4 Å². The molecule has 0 unspecified atom stereocenters. The maximum atomic E-state index is 12.4. The number of anilines is 1. The highest BCUT2D eigenvalue weighted by Crippen LogP contribution is 2.23. The Morgan fingerprint density at radius 3 is 2.46 bits per heavy atom. The molecule has 0 saturated carbocycles. The molecule has 1 aromatic heterocycles. The van der Waals surface area contributed by atoms with Crippen molar-refractivity contribution in [3.8, 4) is 0 Å². The summed E-state index contributed by atoms with van der Waals surface area (Å²) in [6.07, 6.45) is 0.718. The van der Waals surface area contributed by atoms with Gasteiger partial charge in [-0.15, -0.1) is 10.2 Å². The van der Waals surface area contributed by atoms with Crippen molar-refractivity contribution in [1.29, 1.82) is 0 Å². The van der Waals surface area contributed by atoms with Crippen LogP contribution in [-0.4, -0.2) is 16.1 Å². The Kier molecular flexibility index (Phi) is 5.18. The van der Waals surface area contributed by atoms with E-state index >= 15 is 0 Å². The number of aromatic nitrogens is 2. The number of aryl methyl sites for hydroxylation is 1. The number of hydrogen-bond acceptors (Lipinski definition) is 4. The average Bonchev–Trinajstić information content (AvgIpc) is 3.01. The largest absolute Gasteiger partial charge is 0.296 e. The minimum Gasteiger partial charge on any atom is -0.296 e. The van der Waals surface area contributed by atoms with E-state index in [1.54, 1.807) is 0 Å². The summed E-state index contributed by atoms with van der Waals surface area (Å²) in [4.78, 5) is 12.4. The summed E-state index contributed by atoms with van der Waals surface area (Å²) in [7, 11) is 0. The molecule has 0 atom stereocenters. The van der Waals surface area contributed by atoms with Gasteiger partial charge in [0.25, 0.3) is 5.91 Å². The quantitative estimate of drug-likeness (QED) is 0.709. The molecular formula is C21H23N3OS. The summed E-state index contributed by atoms with van der Waals surface area (Å²) >= 11 is 1.41. The summed E-state index contributed by atoms with van der Waals surface area (Å²) in [5.74, 6) is -0.163. The van der Waals surface area contributed by atoms with Crippen molar-refractivity contribution in [2.75, 3.05) is 5.32 Å². The topological polar surface area (TPSA) is 54.9 Å². The molecule has 0 spiro atoms. The SMILES string of the molecule is Cc1cccc(Cc2nnc(NC(=O)c3ccc(C(C)(C)C)cc3)s2)c1. The predicted molar refractivity (Wildman–Crippen MR) is 107 cm³/mol. The molecule has 2 aromatic carbocycles. The van der Waals surface area contributed by atoms with Gasteiger partial charge < -0.3 is 0 Å². The first-order valence-corrected chi connectivity index (χ1v) is 9.43. The van der Waals surface area contributed by atoms with E-state index in [4.69, 9.17) is 0 Å². The number of rotatable bonds is 4. The van der Waals surface area contributed by atoms with Crippen molar-refractivity contribution in [3.63, 3.8) is 0 Å². The van der Waals surface area contributed by atoms with Crippen LogP contribution in [0, 0.1) is 6.92 Å². The van der Waals surface area contributed by atoms with Crippen LogP contribution >= 0.6 is 11.3 Å². The Morgan fingerprint density at radius 1 is 1.08 bits per heavy atom. The van der Waals surface area contributed by atoms with Crippen molar-refractivity contribution in [1.82, 2.24) is 10.2 Å². The van der Waals surface area contributed by atoms with E-state index < -0.39 is 0 Å². The summed E-state index contributed by atoms with van der Waals surface area (Å²) in [6.45, 7) is 8.53. The second kappa shape index (κ2) is 7.38. The molecule has 3 aromatic rings. The van der Waals surface area contributed by atoms with Gasteiger partial charge in [-0.25, -0.2) is 0 Å². The second-order valence-corrected chi connectivity index (χ2v) is 8.51. The molecule has 0 radical (unpaired) electrons. The fraction of sp³-hybridized carbons (Fsp3) is 0.286. The van der Waals surface area contributed by atoms with E-state index in [1.165, 1.54) is 28.0 Å². The molecular weight excluding hydrogens is 342 g/mol. The molecule has 0 bridgehead atoms. The lowest BCUT2D eigenvalue weighted by atomic mass is 9.87. The van der Waals surface area contributed by atoms with Crippen molar-refractivity contribution in [2.45, 2.75) is 39.5 Å². The first-order chi connectivity index (χ1) is 12.3. The van der Waals surface area contributed by atoms with Crippen LogP contribution in [0.1, 0.15) is 52.8 Å². The summed E-state index contributed by atoms with van der Waals surface area (Å²) in [6, 6.07) is 16.0. The fourth-order valence-corrected chi connectivity index (χ4v) is 3.43. The highest BCUT2D eigenvalue weighted by Gasteiger charge is 2.15. The third-order valence-corrected chi connectivity index (χ3v) is 4.98. The van der Waals surface area contributed by atoms with Crippen LogP contribution in [0.2, 0.25) is 0 Å². The van der Waals surface area contributed by atoms with Gasteiger partial charge in [0.2, 0.25) is 5.13 Å². The van der Waals surface area contributed by atoms with E-state index in [0.29, 0.717) is 10.7 Å². The summed E-state index contributed by atoms with van der Waals surface area (Å²) < 4.78 is 0. The Balaban J connectivity index is 1.66. The number of nitrogens with zero attached hydrogens (tertiary/aromatic N) is 2. The van der Waals surface area contributed by atoms with Gasteiger partial charge in [0.15, 0.2) is 0 Å². The first-order valence-electron chi connectivity index (χ1n) is 8.61. The van der Waals surface area contributed by atoms with Gasteiger partial charge in [-0.2, -0.15) is 0 Å². The number of carbonyl (C=O) groups excluding carboxylic acids is 1. The van der Waals surface area contributed by atoms with Crippen molar-refractivity contribution < 1.29 is 4.79 Å². The molecule has 1 N–H and O–H groups in total. The first kappa shape index (κ1) is 18.3. The standard InChI is InChI=1S/C21H23N3OS/c1-14-6-5-7-15(12-14)13-18-23-24-20(26-18)22-19(25)16-8-10-17(11-9-16)21(2,3)4/h5-12H,13H2,1-4H3,(H,22,24,25). The summed E-state index contributed by atoms with van der Waals surface area (Å²) in [5, 5.41) is 12.5. The molecule has 1 amide bonds. The van der Waals surface area contributed by atoms with Crippen LogP contribution in [0.25, 0.3) is 0 Å². The Bertz CT molecular complexity index is 908. The van der Waals surface area contributed by atoms with Crippen molar-refractivity contribution in [3.05, 3.63) is 75.8 Å². The maximum Gasteiger partial charge on any atom is 0.257 e. The van der Waals surface area contributed by atoms with E-state index in [1.807, 2.05) is 30.3 Å². The van der Waals surface area contributed by atoms with E-state index in [0.717, 1.165) is 11.4 Å². The van der Waals surface area contributed by atoms with E-state index in [-0.39, 0.29) is 11.3 Å². The molecule has 3 rings (SSSR count). The Morgan fingerprint density at radius 2 is 1.81 bits per heavy atom. The highest BCUT2D eigenvalue weighted by atomic mass is 32.1. The molecule has 5 heteroatoms. The van der Waals surface area contributed by atoms with Crippen LogP contribution in [0.3, 0.4) is 0 Å². The summed E-state index contributed by atoms with van der Waals surface area (Å²) in [5.41, 5.74) is 4.30. The molecule has 0 aliphatic heterocycles. The second-order valence-electron chi connectivity index (χ2n) is 7.45. The molecule has 1 heterocycles. The third-order valence-electron chi connectivity index (χ3n) is 4.14. The Hall–Kier alpha value is -2.53. The average molecular weight is 366 g/mol. The number of amides is 1. The van der Waals surface area contributed by atoms with Gasteiger partial charge >= 0.3 is 0 Å². The number of carbonyl (C=O) groups is 1. The molecule has 0 aliphatic carbocycles. The van der Waals surface area contributed by atoms with Gasteiger partial charge in [0.1, 0.15) is 5.01 Å². The Labute approximate surface area is 158 Å².